The van der Waals surface area contributed by atoms with Gasteiger partial charge in [-0.3, -0.25) is 9.59 Å². The second-order valence-electron chi connectivity index (χ2n) is 9.31. The molecule has 2 aromatic carbocycles. The van der Waals surface area contributed by atoms with Crippen molar-refractivity contribution >= 4 is 29.2 Å². The van der Waals surface area contributed by atoms with Crippen LogP contribution in [0.5, 0.6) is 11.5 Å². The number of aryl methyl sites for hydroxylation is 1. The van der Waals surface area contributed by atoms with E-state index < -0.39 is 18.0 Å². The van der Waals surface area contributed by atoms with E-state index in [9.17, 15) is 14.4 Å². The molecule has 0 bridgehead atoms. The van der Waals surface area contributed by atoms with Crippen LogP contribution in [0.3, 0.4) is 0 Å². The summed E-state index contributed by atoms with van der Waals surface area (Å²) in [7, 11) is 2.90. The van der Waals surface area contributed by atoms with Crippen LogP contribution in [0.1, 0.15) is 50.0 Å². The molecule has 3 rings (SSSR count). The topological polar surface area (TPSA) is 94.2 Å². The molecule has 0 aliphatic carbocycles. The molecule has 1 heterocycles. The van der Waals surface area contributed by atoms with E-state index in [-0.39, 0.29) is 29.1 Å². The van der Waals surface area contributed by atoms with Crippen molar-refractivity contribution < 1.29 is 28.6 Å². The number of rotatable bonds is 6. The fourth-order valence-corrected chi connectivity index (χ4v) is 3.80. The third-order valence-corrected chi connectivity index (χ3v) is 5.79. The van der Waals surface area contributed by atoms with Crippen LogP contribution >= 0.6 is 0 Å². The molecule has 0 spiro atoms. The van der Waals surface area contributed by atoms with E-state index in [2.05, 4.69) is 5.32 Å². The van der Waals surface area contributed by atoms with Crippen LogP contribution in [0.25, 0.3) is 0 Å². The Bertz CT molecular complexity index is 1090. The van der Waals surface area contributed by atoms with E-state index in [0.717, 1.165) is 24.1 Å². The van der Waals surface area contributed by atoms with Gasteiger partial charge in [0.05, 0.1) is 25.5 Å². The van der Waals surface area contributed by atoms with E-state index in [1.807, 2.05) is 31.2 Å². The summed E-state index contributed by atoms with van der Waals surface area (Å²) in [6.07, 6.45) is 1.72. The number of ether oxygens (including phenoxy) is 3. The molecule has 8 heteroatoms. The Morgan fingerprint density at radius 1 is 1.06 bits per heavy atom. The minimum atomic E-state index is -0.753. The highest BCUT2D eigenvalue weighted by Crippen LogP contribution is 2.35. The number of methoxy groups -OCH3 is 2. The van der Waals surface area contributed by atoms with E-state index in [4.69, 9.17) is 14.2 Å². The van der Waals surface area contributed by atoms with E-state index in [1.54, 1.807) is 25.7 Å². The quantitative estimate of drug-likeness (QED) is 0.638. The zero-order valence-electron chi connectivity index (χ0n) is 20.6. The summed E-state index contributed by atoms with van der Waals surface area (Å²) < 4.78 is 16.0. The Balaban J connectivity index is 1.84. The van der Waals surface area contributed by atoms with E-state index >= 15 is 0 Å². The number of benzene rings is 2. The number of nitrogens with one attached hydrogen (secondary N) is 1. The van der Waals surface area contributed by atoms with Crippen LogP contribution < -0.4 is 19.7 Å². The number of fused-ring (bicyclic) bond motifs is 1. The first-order valence-electron chi connectivity index (χ1n) is 11.2. The lowest BCUT2D eigenvalue weighted by Gasteiger charge is -2.35. The first-order valence-corrected chi connectivity index (χ1v) is 11.2. The van der Waals surface area contributed by atoms with Gasteiger partial charge in [0.2, 0.25) is 5.91 Å². The van der Waals surface area contributed by atoms with Crippen LogP contribution in [0.2, 0.25) is 0 Å². The molecule has 0 fully saturated rings. The van der Waals surface area contributed by atoms with Crippen LogP contribution in [-0.4, -0.2) is 44.7 Å². The molecule has 1 unspecified atom stereocenters. The average molecular weight is 469 g/mol. The predicted octanol–water partition coefficient (Wildman–Crippen LogP) is 4.21. The smallest absolute Gasteiger partial charge is 0.340 e. The number of esters is 1. The van der Waals surface area contributed by atoms with Gasteiger partial charge in [-0.25, -0.2) is 4.79 Å². The van der Waals surface area contributed by atoms with Crippen LogP contribution in [0, 0.1) is 5.41 Å². The Hall–Kier alpha value is -3.55. The molecule has 182 valence electrons. The van der Waals surface area contributed by atoms with Gasteiger partial charge in [-0.2, -0.15) is 0 Å². The van der Waals surface area contributed by atoms with Crippen LogP contribution in [0.15, 0.2) is 36.4 Å². The number of para-hydroxylation sites is 1. The minimum absolute atomic E-state index is 0.0104. The fourth-order valence-electron chi connectivity index (χ4n) is 3.80. The molecular weight excluding hydrogens is 436 g/mol. The molecule has 0 saturated heterocycles. The van der Waals surface area contributed by atoms with Gasteiger partial charge >= 0.3 is 5.97 Å². The van der Waals surface area contributed by atoms with Crippen molar-refractivity contribution in [3.63, 3.8) is 0 Å². The van der Waals surface area contributed by atoms with E-state index in [0.29, 0.717) is 11.5 Å². The highest BCUT2D eigenvalue weighted by Gasteiger charge is 2.30. The second-order valence-corrected chi connectivity index (χ2v) is 9.31. The normalized spacial score (nSPS) is 15.2. The minimum Gasteiger partial charge on any atom is -0.493 e. The molecule has 1 N–H and O–H groups in total. The van der Waals surface area contributed by atoms with Crippen LogP contribution in [0.4, 0.5) is 11.4 Å². The zero-order valence-corrected chi connectivity index (χ0v) is 20.6. The number of carbonyl (C=O) groups is 3. The van der Waals surface area contributed by atoms with Gasteiger partial charge in [0.25, 0.3) is 5.91 Å². The Morgan fingerprint density at radius 2 is 1.71 bits per heavy atom. The zero-order chi connectivity index (χ0) is 25.0. The van der Waals surface area contributed by atoms with Crippen molar-refractivity contribution in [1.82, 2.24) is 0 Å². The highest BCUT2D eigenvalue weighted by molar-refractivity contribution is 6.04. The summed E-state index contributed by atoms with van der Waals surface area (Å²) in [5.41, 5.74) is 1.52. The molecule has 2 aromatic rings. The first-order chi connectivity index (χ1) is 16.1. The standard InChI is InChI=1S/C26H32N2O6/c1-16-11-12-17-9-7-8-10-20(17)28(16)23(29)15-34-24(30)18-13-21(32-5)22(33-6)14-19(18)27-25(31)26(2,3)4/h7-10,13-14,16H,11-12,15H2,1-6H3,(H,27,31). The Kier molecular flexibility index (Phi) is 7.49. The number of hydrogen-bond acceptors (Lipinski definition) is 6. The SMILES string of the molecule is COc1cc(NC(=O)C(C)(C)C)c(C(=O)OCC(=O)N2c3ccccc3CCC2C)cc1OC. The predicted molar refractivity (Wildman–Crippen MR) is 130 cm³/mol. The van der Waals surface area contributed by atoms with Gasteiger partial charge in [0.15, 0.2) is 18.1 Å². The lowest BCUT2D eigenvalue weighted by Crippen LogP contribution is -2.44. The summed E-state index contributed by atoms with van der Waals surface area (Å²) in [4.78, 5) is 40.4. The molecule has 0 aromatic heterocycles. The lowest BCUT2D eigenvalue weighted by atomic mass is 9.95. The molecule has 1 aliphatic heterocycles. The second kappa shape index (κ2) is 10.2. The third kappa shape index (κ3) is 5.32. The van der Waals surface area contributed by atoms with Gasteiger partial charge in [0, 0.05) is 29.3 Å². The number of carbonyl (C=O) groups excluding carboxylic acids is 3. The van der Waals surface area contributed by atoms with Crippen molar-refractivity contribution in [3.8, 4) is 11.5 Å². The maximum atomic E-state index is 13.1. The van der Waals surface area contributed by atoms with Gasteiger partial charge in [-0.05, 0) is 31.4 Å². The van der Waals surface area contributed by atoms with Gasteiger partial charge in [-0.1, -0.05) is 39.0 Å². The lowest BCUT2D eigenvalue weighted by molar-refractivity contribution is -0.123. The number of anilines is 2. The van der Waals surface area contributed by atoms with Crippen molar-refractivity contribution in [2.45, 2.75) is 46.6 Å². The highest BCUT2D eigenvalue weighted by atomic mass is 16.5. The first kappa shape index (κ1) is 25.1. The van der Waals surface area contributed by atoms with Crippen molar-refractivity contribution in [1.29, 1.82) is 0 Å². The summed E-state index contributed by atoms with van der Waals surface area (Å²) in [6.45, 7) is 6.83. The molecule has 0 saturated carbocycles. The Labute approximate surface area is 200 Å². The Morgan fingerprint density at radius 3 is 2.35 bits per heavy atom. The molecular formula is C26H32N2O6. The van der Waals surface area contributed by atoms with Gasteiger partial charge in [-0.15, -0.1) is 0 Å². The van der Waals surface area contributed by atoms with Crippen LogP contribution in [-0.2, 0) is 20.7 Å². The van der Waals surface area contributed by atoms with Gasteiger partial charge < -0.3 is 24.4 Å². The monoisotopic (exact) mass is 468 g/mol. The number of nitrogens with zero attached hydrogens (tertiary/aromatic N) is 1. The molecule has 34 heavy (non-hydrogen) atoms. The third-order valence-electron chi connectivity index (χ3n) is 5.79. The summed E-state index contributed by atoms with van der Waals surface area (Å²) >= 11 is 0. The molecule has 1 aliphatic rings. The molecule has 0 radical (unpaired) electrons. The number of hydrogen-bond donors (Lipinski definition) is 1. The molecule has 2 amide bonds. The average Bonchev–Trinajstić information content (AvgIpc) is 2.81. The summed E-state index contributed by atoms with van der Waals surface area (Å²) in [5.74, 6) is -0.708. The maximum absolute atomic E-state index is 13.1. The molecule has 8 nitrogen and oxygen atoms in total. The van der Waals surface area contributed by atoms with Crippen molar-refractivity contribution in [2.75, 3.05) is 31.0 Å². The van der Waals surface area contributed by atoms with E-state index in [1.165, 1.54) is 26.4 Å². The maximum Gasteiger partial charge on any atom is 0.340 e. The largest absolute Gasteiger partial charge is 0.493 e. The molecule has 1 atom stereocenters. The number of amides is 2. The van der Waals surface area contributed by atoms with Crippen molar-refractivity contribution in [2.24, 2.45) is 5.41 Å². The van der Waals surface area contributed by atoms with Gasteiger partial charge in [0.1, 0.15) is 0 Å². The summed E-state index contributed by atoms with van der Waals surface area (Å²) in [6, 6.07) is 10.7. The summed E-state index contributed by atoms with van der Waals surface area (Å²) in [5, 5.41) is 2.76. The van der Waals surface area contributed by atoms with Crippen molar-refractivity contribution in [3.05, 3.63) is 47.5 Å². The fraction of sp³-hybridized carbons (Fsp3) is 0.423.